The van der Waals surface area contributed by atoms with Crippen LogP contribution in [-0.2, 0) is 31.4 Å². The van der Waals surface area contributed by atoms with Crippen LogP contribution in [0.2, 0.25) is 5.04 Å². The Balaban J connectivity index is 6.85. The lowest BCUT2D eigenvalue weighted by atomic mass is 10.0. The minimum absolute atomic E-state index is 0.225. The quantitative estimate of drug-likeness (QED) is 0.242. The molecule has 1 atom stereocenters. The molecule has 0 aliphatic heterocycles. The number of primary amides is 1. The fourth-order valence-electron chi connectivity index (χ4n) is 4.07. The maximum absolute atomic E-state index is 13.3. The lowest BCUT2D eigenvalue weighted by Gasteiger charge is -2.47. The SMILES string of the molecule is CCCN(CC(CCC)(C(N)=O)[Si](OCC)(OCC)OCC)[Si](OCC)(OCC)OCC. The van der Waals surface area contributed by atoms with Crippen LogP contribution in [0.3, 0.4) is 0 Å². The lowest BCUT2D eigenvalue weighted by molar-refractivity contribution is -0.125. The van der Waals surface area contributed by atoms with Gasteiger partial charge >= 0.3 is 17.8 Å². The Morgan fingerprint density at radius 1 is 0.719 bits per heavy atom. The minimum Gasteiger partial charge on any atom is -0.373 e. The second-order valence-electron chi connectivity index (χ2n) is 7.30. The summed E-state index contributed by atoms with van der Waals surface area (Å²) in [7, 11) is -6.86. The zero-order valence-corrected chi connectivity index (χ0v) is 23.7. The van der Waals surface area contributed by atoms with Gasteiger partial charge in [0.1, 0.15) is 5.04 Å². The van der Waals surface area contributed by atoms with Crippen molar-refractivity contribution in [2.45, 2.75) is 79.7 Å². The second kappa shape index (κ2) is 16.3. The first kappa shape index (κ1) is 31.6. The Bertz CT molecular complexity index is 483. The Morgan fingerprint density at radius 3 is 1.41 bits per heavy atom. The molecule has 0 radical (unpaired) electrons. The number of nitrogens with two attached hydrogens (primary N) is 1. The molecule has 0 fully saturated rings. The average molecular weight is 497 g/mol. The molecular formula is C21H48N2O7Si2. The third-order valence-electron chi connectivity index (χ3n) is 5.06. The Morgan fingerprint density at radius 2 is 1.12 bits per heavy atom. The summed E-state index contributed by atoms with van der Waals surface area (Å²) in [5.41, 5.74) is 6.17. The summed E-state index contributed by atoms with van der Waals surface area (Å²) in [4.78, 5) is 13.3. The summed E-state index contributed by atoms with van der Waals surface area (Å²) >= 11 is 0. The van der Waals surface area contributed by atoms with Crippen LogP contribution < -0.4 is 5.73 Å². The molecule has 0 aromatic rings. The third kappa shape index (κ3) is 7.57. The van der Waals surface area contributed by atoms with Crippen LogP contribution in [0, 0.1) is 0 Å². The van der Waals surface area contributed by atoms with E-state index >= 15 is 0 Å². The molecule has 0 spiro atoms. The van der Waals surface area contributed by atoms with Crippen LogP contribution in [0.5, 0.6) is 0 Å². The monoisotopic (exact) mass is 496 g/mol. The Kier molecular flexibility index (Phi) is 16.1. The van der Waals surface area contributed by atoms with Gasteiger partial charge in [-0.15, -0.1) is 0 Å². The number of hydrogen-bond donors (Lipinski definition) is 1. The van der Waals surface area contributed by atoms with Crippen molar-refractivity contribution in [3.8, 4) is 0 Å². The number of rotatable bonds is 21. The van der Waals surface area contributed by atoms with Crippen molar-refractivity contribution >= 4 is 23.7 Å². The average Bonchev–Trinajstić information content (AvgIpc) is 2.73. The van der Waals surface area contributed by atoms with E-state index in [9.17, 15) is 4.79 Å². The zero-order valence-electron chi connectivity index (χ0n) is 21.7. The molecule has 0 bridgehead atoms. The molecule has 0 aromatic heterocycles. The van der Waals surface area contributed by atoms with Crippen molar-refractivity contribution in [1.29, 1.82) is 0 Å². The lowest BCUT2D eigenvalue weighted by Crippen LogP contribution is -2.69. The van der Waals surface area contributed by atoms with Crippen molar-refractivity contribution < 1.29 is 31.4 Å². The van der Waals surface area contributed by atoms with E-state index in [4.69, 9.17) is 32.3 Å². The highest BCUT2D eigenvalue weighted by Gasteiger charge is 2.67. The molecule has 192 valence electrons. The van der Waals surface area contributed by atoms with Crippen LogP contribution in [0.1, 0.15) is 74.7 Å². The summed E-state index contributed by atoms with van der Waals surface area (Å²) in [6, 6.07) is 0. The van der Waals surface area contributed by atoms with E-state index < -0.39 is 28.7 Å². The molecule has 11 heteroatoms. The van der Waals surface area contributed by atoms with Crippen molar-refractivity contribution in [3.63, 3.8) is 0 Å². The van der Waals surface area contributed by atoms with Crippen LogP contribution >= 0.6 is 0 Å². The van der Waals surface area contributed by atoms with Crippen molar-refractivity contribution in [1.82, 2.24) is 4.57 Å². The Hall–Kier alpha value is -0.376. The minimum atomic E-state index is -3.56. The number of amides is 1. The molecule has 1 unspecified atom stereocenters. The van der Waals surface area contributed by atoms with E-state index in [1.807, 2.05) is 53.0 Å². The molecule has 9 nitrogen and oxygen atoms in total. The number of carbonyl (C=O) groups is 1. The van der Waals surface area contributed by atoms with E-state index in [0.29, 0.717) is 59.0 Å². The standard InChI is InChI=1S/C21H48N2O7Si2/c1-9-17-21(20(22)24,31(25-11-3,26-12-4)27-13-5)19-23(18-10-2)32(28-14-6,29-15-7)30-16-8/h9-19H2,1-8H3,(H2,22,24). The van der Waals surface area contributed by atoms with E-state index in [1.54, 1.807) is 0 Å². The predicted molar refractivity (Wildman–Crippen MR) is 130 cm³/mol. The van der Waals surface area contributed by atoms with E-state index in [1.165, 1.54) is 0 Å². The van der Waals surface area contributed by atoms with Gasteiger partial charge in [0.15, 0.2) is 0 Å². The predicted octanol–water partition coefficient (Wildman–Crippen LogP) is 3.32. The van der Waals surface area contributed by atoms with E-state index in [2.05, 4.69) is 6.92 Å². The molecule has 2 N–H and O–H groups in total. The highest BCUT2D eigenvalue weighted by Crippen LogP contribution is 2.46. The molecule has 0 aliphatic rings. The van der Waals surface area contributed by atoms with Gasteiger partial charge in [0.2, 0.25) is 5.91 Å². The maximum atomic E-state index is 13.3. The van der Waals surface area contributed by atoms with Gasteiger partial charge in [0, 0.05) is 46.2 Å². The largest absolute Gasteiger partial charge is 0.599 e. The second-order valence-corrected chi connectivity index (χ2v) is 12.8. The molecule has 32 heavy (non-hydrogen) atoms. The van der Waals surface area contributed by atoms with Crippen molar-refractivity contribution in [2.24, 2.45) is 5.73 Å². The summed E-state index contributed by atoms with van der Waals surface area (Å²) < 4.78 is 39.3. The first-order chi connectivity index (χ1) is 15.3. The van der Waals surface area contributed by atoms with Gasteiger partial charge in [-0.05, 0) is 60.9 Å². The summed E-state index contributed by atoms with van der Waals surface area (Å²) in [5, 5.41) is -1.18. The van der Waals surface area contributed by atoms with E-state index in [0.717, 1.165) is 6.42 Å². The van der Waals surface area contributed by atoms with Crippen molar-refractivity contribution in [3.05, 3.63) is 0 Å². The third-order valence-corrected chi connectivity index (χ3v) is 12.0. The number of hydrogen-bond acceptors (Lipinski definition) is 8. The highest BCUT2D eigenvalue weighted by molar-refractivity contribution is 6.69. The molecule has 1 amide bonds. The van der Waals surface area contributed by atoms with E-state index in [-0.39, 0.29) is 6.54 Å². The van der Waals surface area contributed by atoms with Crippen molar-refractivity contribution in [2.75, 3.05) is 52.7 Å². The highest BCUT2D eigenvalue weighted by atomic mass is 28.4. The van der Waals surface area contributed by atoms with Crippen LogP contribution in [-0.4, -0.2) is 81.0 Å². The molecule has 0 heterocycles. The van der Waals surface area contributed by atoms with Crippen LogP contribution in [0.4, 0.5) is 0 Å². The zero-order chi connectivity index (χ0) is 24.7. The molecule has 0 saturated carbocycles. The van der Waals surface area contributed by atoms with Gasteiger partial charge < -0.3 is 32.3 Å². The van der Waals surface area contributed by atoms with Gasteiger partial charge in [-0.3, -0.25) is 9.36 Å². The fourth-order valence-corrected chi connectivity index (χ4v) is 10.5. The molecule has 0 aromatic carbocycles. The normalized spacial score (nSPS) is 14.7. The molecule has 0 rings (SSSR count). The fraction of sp³-hybridized carbons (Fsp3) is 0.952. The molecule has 0 saturated heterocycles. The van der Waals surface area contributed by atoms with Gasteiger partial charge in [-0.2, -0.15) is 0 Å². The van der Waals surface area contributed by atoms with Crippen LogP contribution in [0.15, 0.2) is 0 Å². The summed E-state index contributed by atoms with van der Waals surface area (Å²) in [5.74, 6) is -0.491. The molecular weight excluding hydrogens is 448 g/mol. The topological polar surface area (TPSA) is 102 Å². The first-order valence-corrected chi connectivity index (χ1v) is 15.6. The first-order valence-electron chi connectivity index (χ1n) is 12.2. The number of carbonyl (C=O) groups excluding carboxylic acids is 1. The maximum Gasteiger partial charge on any atom is 0.599 e. The van der Waals surface area contributed by atoms with Crippen LogP contribution in [0.25, 0.3) is 0 Å². The Labute approximate surface area is 198 Å². The van der Waals surface area contributed by atoms with Gasteiger partial charge in [-0.1, -0.05) is 20.3 Å². The summed E-state index contributed by atoms with van der Waals surface area (Å²) in [6.07, 6.45) is 1.98. The van der Waals surface area contributed by atoms with Gasteiger partial charge in [-0.25, -0.2) is 0 Å². The number of nitrogens with zero attached hydrogens (tertiary/aromatic N) is 1. The smallest absolute Gasteiger partial charge is 0.373 e. The van der Waals surface area contributed by atoms with Gasteiger partial charge in [0.05, 0.1) is 0 Å². The molecule has 0 aliphatic carbocycles. The summed E-state index contributed by atoms with van der Waals surface area (Å²) in [6.45, 7) is 18.6. The van der Waals surface area contributed by atoms with Gasteiger partial charge in [0.25, 0.3) is 0 Å².